The second kappa shape index (κ2) is 9.05. The van der Waals surface area contributed by atoms with E-state index >= 15 is 0 Å². The smallest absolute Gasteiger partial charge is 0.257 e. The zero-order valence-corrected chi connectivity index (χ0v) is 18.0. The van der Waals surface area contributed by atoms with Crippen molar-refractivity contribution in [2.45, 2.75) is 26.3 Å². The van der Waals surface area contributed by atoms with Crippen molar-refractivity contribution in [2.75, 3.05) is 7.05 Å². The summed E-state index contributed by atoms with van der Waals surface area (Å²) >= 11 is 0. The molecule has 0 bridgehead atoms. The number of hydrogen-bond acceptors (Lipinski definition) is 6. The molecule has 2 aromatic heterocycles. The highest BCUT2D eigenvalue weighted by atomic mass is 19.1. The molecule has 32 heavy (non-hydrogen) atoms. The molecule has 4 rings (SSSR count). The molecule has 162 valence electrons. The minimum atomic E-state index is -0.335. The van der Waals surface area contributed by atoms with Crippen LogP contribution in [-0.4, -0.2) is 44.0 Å². The Hall–Kier alpha value is -3.94. The SMILES string of the molecule is Cc1ccc(-c2ncccn2)c(C(=O)N(C)[C@@H](C)Cc2noc(-c3ccc(F)cc3)n2)c1. The summed E-state index contributed by atoms with van der Waals surface area (Å²) in [5, 5.41) is 4.01. The topological polar surface area (TPSA) is 85.0 Å². The molecule has 2 aromatic carbocycles. The minimum absolute atomic E-state index is 0.147. The Morgan fingerprint density at radius 1 is 1.12 bits per heavy atom. The van der Waals surface area contributed by atoms with Gasteiger partial charge >= 0.3 is 0 Å². The lowest BCUT2D eigenvalue weighted by Gasteiger charge is -2.25. The van der Waals surface area contributed by atoms with Crippen LogP contribution < -0.4 is 0 Å². The number of carbonyl (C=O) groups is 1. The van der Waals surface area contributed by atoms with Gasteiger partial charge in [0.2, 0.25) is 0 Å². The summed E-state index contributed by atoms with van der Waals surface area (Å²) in [5.41, 5.74) is 2.81. The Bertz CT molecular complexity index is 1220. The number of nitrogens with zero attached hydrogens (tertiary/aromatic N) is 5. The molecule has 7 nitrogen and oxygen atoms in total. The van der Waals surface area contributed by atoms with E-state index in [0.29, 0.717) is 40.7 Å². The van der Waals surface area contributed by atoms with Gasteiger partial charge in [-0.05, 0) is 50.2 Å². The van der Waals surface area contributed by atoms with E-state index < -0.39 is 0 Å². The van der Waals surface area contributed by atoms with E-state index in [0.717, 1.165) is 5.56 Å². The minimum Gasteiger partial charge on any atom is -0.339 e. The molecule has 0 N–H and O–H groups in total. The van der Waals surface area contributed by atoms with Gasteiger partial charge in [-0.2, -0.15) is 4.98 Å². The molecule has 0 spiro atoms. The van der Waals surface area contributed by atoms with Crippen molar-refractivity contribution in [3.8, 4) is 22.8 Å². The first kappa shape index (κ1) is 21.3. The third-order valence-electron chi connectivity index (χ3n) is 5.23. The number of likely N-dealkylation sites (N-methyl/N-ethyl adjacent to an activating group) is 1. The lowest BCUT2D eigenvalue weighted by atomic mass is 10.0. The van der Waals surface area contributed by atoms with Crippen LogP contribution in [-0.2, 0) is 6.42 Å². The molecule has 0 aliphatic carbocycles. The Balaban J connectivity index is 1.53. The summed E-state index contributed by atoms with van der Waals surface area (Å²) in [4.78, 5) is 28.0. The van der Waals surface area contributed by atoms with Crippen LogP contribution in [0.1, 0.15) is 28.7 Å². The monoisotopic (exact) mass is 431 g/mol. The summed E-state index contributed by atoms with van der Waals surface area (Å²) in [5.74, 6) is 0.791. The van der Waals surface area contributed by atoms with Gasteiger partial charge in [0.25, 0.3) is 11.8 Å². The molecule has 0 saturated heterocycles. The molecule has 0 unspecified atom stereocenters. The Morgan fingerprint density at radius 2 is 1.84 bits per heavy atom. The van der Waals surface area contributed by atoms with Crippen LogP contribution in [0.4, 0.5) is 4.39 Å². The van der Waals surface area contributed by atoms with Crippen molar-refractivity contribution in [3.05, 3.63) is 83.7 Å². The summed E-state index contributed by atoms with van der Waals surface area (Å²) in [7, 11) is 1.74. The third-order valence-corrected chi connectivity index (χ3v) is 5.23. The maximum atomic E-state index is 13.4. The number of hydrogen-bond donors (Lipinski definition) is 0. The fourth-order valence-electron chi connectivity index (χ4n) is 3.31. The van der Waals surface area contributed by atoms with Gasteiger partial charge < -0.3 is 9.42 Å². The molecule has 8 heteroatoms. The molecule has 0 radical (unpaired) electrons. The number of aromatic nitrogens is 4. The van der Waals surface area contributed by atoms with Crippen molar-refractivity contribution >= 4 is 5.91 Å². The van der Waals surface area contributed by atoms with Crippen molar-refractivity contribution in [1.82, 2.24) is 25.0 Å². The van der Waals surface area contributed by atoms with E-state index in [9.17, 15) is 9.18 Å². The van der Waals surface area contributed by atoms with Crippen molar-refractivity contribution < 1.29 is 13.7 Å². The average Bonchev–Trinajstić information content (AvgIpc) is 3.27. The van der Waals surface area contributed by atoms with E-state index in [4.69, 9.17) is 4.52 Å². The van der Waals surface area contributed by atoms with Crippen LogP contribution in [0.2, 0.25) is 0 Å². The van der Waals surface area contributed by atoms with Gasteiger partial charge in [0.15, 0.2) is 11.6 Å². The van der Waals surface area contributed by atoms with Gasteiger partial charge in [-0.3, -0.25) is 4.79 Å². The number of amides is 1. The Labute approximate surface area is 185 Å². The highest BCUT2D eigenvalue weighted by molar-refractivity contribution is 6.00. The molecular weight excluding hydrogens is 409 g/mol. The molecule has 0 fully saturated rings. The fraction of sp³-hybridized carbons (Fsp3) is 0.208. The summed E-state index contributed by atoms with van der Waals surface area (Å²) in [6.07, 6.45) is 3.70. The first-order valence-corrected chi connectivity index (χ1v) is 10.2. The zero-order valence-electron chi connectivity index (χ0n) is 18.0. The number of carbonyl (C=O) groups excluding carboxylic acids is 1. The molecule has 0 saturated carbocycles. The third kappa shape index (κ3) is 4.54. The van der Waals surface area contributed by atoms with Crippen molar-refractivity contribution in [1.29, 1.82) is 0 Å². The van der Waals surface area contributed by atoms with Crippen LogP contribution in [0.5, 0.6) is 0 Å². The van der Waals surface area contributed by atoms with Gasteiger partial charge in [0, 0.05) is 43.0 Å². The van der Waals surface area contributed by atoms with Gasteiger partial charge in [-0.1, -0.05) is 22.9 Å². The van der Waals surface area contributed by atoms with E-state index in [2.05, 4.69) is 20.1 Å². The van der Waals surface area contributed by atoms with Crippen LogP contribution >= 0.6 is 0 Å². The molecule has 2 heterocycles. The van der Waals surface area contributed by atoms with Crippen molar-refractivity contribution in [2.24, 2.45) is 0 Å². The van der Waals surface area contributed by atoms with Crippen molar-refractivity contribution in [3.63, 3.8) is 0 Å². The Morgan fingerprint density at radius 3 is 2.56 bits per heavy atom. The molecule has 0 aliphatic rings. The normalized spacial score (nSPS) is 11.9. The van der Waals surface area contributed by atoms with E-state index in [-0.39, 0.29) is 17.8 Å². The van der Waals surface area contributed by atoms with Gasteiger partial charge in [0.05, 0.1) is 5.56 Å². The van der Waals surface area contributed by atoms with E-state index in [1.165, 1.54) is 12.1 Å². The number of aryl methyl sites for hydroxylation is 1. The van der Waals surface area contributed by atoms with Crippen LogP contribution in [0.25, 0.3) is 22.8 Å². The molecule has 1 amide bonds. The van der Waals surface area contributed by atoms with Crippen LogP contribution in [0.15, 0.2) is 65.4 Å². The zero-order chi connectivity index (χ0) is 22.7. The predicted octanol–water partition coefficient (Wildman–Crippen LogP) is 4.34. The van der Waals surface area contributed by atoms with Crippen LogP contribution in [0, 0.1) is 12.7 Å². The number of benzene rings is 2. The lowest BCUT2D eigenvalue weighted by Crippen LogP contribution is -2.37. The molecular formula is C24H22FN5O2. The first-order chi connectivity index (χ1) is 15.4. The van der Waals surface area contributed by atoms with E-state index in [1.54, 1.807) is 42.5 Å². The Kier molecular flexibility index (Phi) is 6.02. The highest BCUT2D eigenvalue weighted by Crippen LogP contribution is 2.24. The maximum absolute atomic E-state index is 13.4. The van der Waals surface area contributed by atoms with Gasteiger partial charge in [0.1, 0.15) is 5.82 Å². The summed E-state index contributed by atoms with van der Waals surface area (Å²) < 4.78 is 18.4. The number of rotatable bonds is 6. The standard InChI is InChI=1S/C24H22FN5O2/c1-15-5-10-19(22-26-11-4-12-27-22)20(13-15)24(31)30(3)16(2)14-21-28-23(32-29-21)17-6-8-18(25)9-7-17/h4-13,16H,14H2,1-3H3/t16-/m0/s1. The highest BCUT2D eigenvalue weighted by Gasteiger charge is 2.23. The lowest BCUT2D eigenvalue weighted by molar-refractivity contribution is 0.0742. The van der Waals surface area contributed by atoms with Gasteiger partial charge in [-0.15, -0.1) is 0 Å². The first-order valence-electron chi connectivity index (χ1n) is 10.2. The largest absolute Gasteiger partial charge is 0.339 e. The summed E-state index contributed by atoms with van der Waals surface area (Å²) in [6, 6.07) is 13.0. The quantitative estimate of drug-likeness (QED) is 0.451. The van der Waals surface area contributed by atoms with Crippen LogP contribution in [0.3, 0.4) is 0 Å². The van der Waals surface area contributed by atoms with Gasteiger partial charge in [-0.25, -0.2) is 14.4 Å². The molecule has 0 aliphatic heterocycles. The fourth-order valence-corrected chi connectivity index (χ4v) is 3.31. The average molecular weight is 431 g/mol. The van der Waals surface area contributed by atoms with E-state index in [1.807, 2.05) is 32.0 Å². The molecule has 4 aromatic rings. The maximum Gasteiger partial charge on any atom is 0.257 e. The summed E-state index contributed by atoms with van der Waals surface area (Å²) in [6.45, 7) is 3.85. The number of halogens is 1. The molecule has 1 atom stereocenters. The second-order valence-corrected chi connectivity index (χ2v) is 7.61. The predicted molar refractivity (Wildman–Crippen MR) is 117 cm³/mol. The second-order valence-electron chi connectivity index (χ2n) is 7.61.